The van der Waals surface area contributed by atoms with Crippen molar-refractivity contribution in [2.45, 2.75) is 34.1 Å². The molecule has 0 unspecified atom stereocenters. The van der Waals surface area contributed by atoms with Crippen LogP contribution in [-0.2, 0) is 9.59 Å². The van der Waals surface area contributed by atoms with E-state index in [-0.39, 0.29) is 24.2 Å². The van der Waals surface area contributed by atoms with Gasteiger partial charge in [0.25, 0.3) is 0 Å². The summed E-state index contributed by atoms with van der Waals surface area (Å²) in [6.07, 6.45) is 0.254. The fourth-order valence-corrected chi connectivity index (χ4v) is 3.13. The third-order valence-electron chi connectivity index (χ3n) is 4.95. The van der Waals surface area contributed by atoms with E-state index in [0.717, 1.165) is 28.1 Å². The average Bonchev–Trinajstić information content (AvgIpc) is 2.95. The van der Waals surface area contributed by atoms with Gasteiger partial charge in [0.15, 0.2) is 0 Å². The van der Waals surface area contributed by atoms with Gasteiger partial charge in [-0.25, -0.2) is 0 Å². The lowest BCUT2D eigenvalue weighted by atomic mass is 10.1. The zero-order chi connectivity index (χ0) is 18.1. The molecule has 1 aliphatic rings. The highest BCUT2D eigenvalue weighted by Gasteiger charge is 2.35. The number of carbonyl (C=O) groups excluding carboxylic acids is 2. The number of hydrogen-bond donors (Lipinski definition) is 1. The molecule has 2 aromatic rings. The first kappa shape index (κ1) is 17.2. The first-order chi connectivity index (χ1) is 11.8. The lowest BCUT2D eigenvalue weighted by molar-refractivity contribution is -0.122. The van der Waals surface area contributed by atoms with Crippen molar-refractivity contribution < 1.29 is 9.59 Å². The highest BCUT2D eigenvalue weighted by Crippen LogP contribution is 2.28. The van der Waals surface area contributed by atoms with Crippen LogP contribution in [0.3, 0.4) is 0 Å². The minimum atomic E-state index is -0.325. The Morgan fingerprint density at radius 1 is 1.00 bits per heavy atom. The molecule has 2 amide bonds. The number of amides is 2. The molecule has 1 fully saturated rings. The van der Waals surface area contributed by atoms with Crippen molar-refractivity contribution in [2.24, 2.45) is 5.92 Å². The molecule has 25 heavy (non-hydrogen) atoms. The normalized spacial score (nSPS) is 17.0. The van der Waals surface area contributed by atoms with Crippen LogP contribution >= 0.6 is 0 Å². The Labute approximate surface area is 148 Å². The molecule has 130 valence electrons. The van der Waals surface area contributed by atoms with Gasteiger partial charge in [-0.05, 0) is 68.1 Å². The maximum Gasteiger partial charge on any atom is 0.229 e. The monoisotopic (exact) mass is 336 g/mol. The minimum absolute atomic E-state index is 0.00404. The summed E-state index contributed by atoms with van der Waals surface area (Å²) in [5.41, 5.74) is 6.15. The van der Waals surface area contributed by atoms with Crippen LogP contribution in [0, 0.1) is 33.6 Å². The van der Waals surface area contributed by atoms with Gasteiger partial charge < -0.3 is 10.2 Å². The fourth-order valence-electron chi connectivity index (χ4n) is 3.13. The van der Waals surface area contributed by atoms with Gasteiger partial charge in [-0.2, -0.15) is 0 Å². The van der Waals surface area contributed by atoms with Crippen LogP contribution in [0.4, 0.5) is 11.4 Å². The van der Waals surface area contributed by atoms with Crippen molar-refractivity contribution in [1.82, 2.24) is 0 Å². The molecule has 2 aromatic carbocycles. The number of nitrogens with one attached hydrogen (secondary N) is 1. The second-order valence-electron chi connectivity index (χ2n) is 6.98. The Morgan fingerprint density at radius 3 is 2.44 bits per heavy atom. The molecule has 0 bridgehead atoms. The molecule has 0 radical (unpaired) electrons. The van der Waals surface area contributed by atoms with Crippen LogP contribution < -0.4 is 10.2 Å². The van der Waals surface area contributed by atoms with E-state index >= 15 is 0 Å². The van der Waals surface area contributed by atoms with E-state index in [1.54, 1.807) is 4.90 Å². The summed E-state index contributed by atoms with van der Waals surface area (Å²) in [6, 6.07) is 12.0. The largest absolute Gasteiger partial charge is 0.326 e. The Balaban J connectivity index is 1.74. The second-order valence-corrected chi connectivity index (χ2v) is 6.98. The van der Waals surface area contributed by atoms with Crippen LogP contribution in [0.25, 0.3) is 0 Å². The molecule has 1 saturated heterocycles. The molecule has 0 aliphatic carbocycles. The van der Waals surface area contributed by atoms with E-state index < -0.39 is 0 Å². The molecule has 0 aromatic heterocycles. The van der Waals surface area contributed by atoms with Gasteiger partial charge in [-0.15, -0.1) is 0 Å². The molecular weight excluding hydrogens is 312 g/mol. The zero-order valence-electron chi connectivity index (χ0n) is 15.2. The number of rotatable bonds is 3. The van der Waals surface area contributed by atoms with Gasteiger partial charge in [0, 0.05) is 24.3 Å². The smallest absolute Gasteiger partial charge is 0.229 e. The first-order valence-corrected chi connectivity index (χ1v) is 8.61. The molecule has 3 rings (SSSR count). The lowest BCUT2D eigenvalue weighted by Gasteiger charge is -2.18. The SMILES string of the molecule is Cc1ccc(C)c(NC(=O)[C@H]2CC(=O)N(c3ccc(C)c(C)c3)C2)c1. The van der Waals surface area contributed by atoms with Crippen molar-refractivity contribution in [3.63, 3.8) is 0 Å². The molecule has 4 heteroatoms. The van der Waals surface area contributed by atoms with Crippen LogP contribution in [0.5, 0.6) is 0 Å². The molecule has 0 spiro atoms. The summed E-state index contributed by atoms with van der Waals surface area (Å²) >= 11 is 0. The minimum Gasteiger partial charge on any atom is -0.326 e. The van der Waals surface area contributed by atoms with Crippen molar-refractivity contribution in [3.8, 4) is 0 Å². The molecular formula is C21H24N2O2. The number of benzene rings is 2. The third kappa shape index (κ3) is 3.58. The topological polar surface area (TPSA) is 49.4 Å². The first-order valence-electron chi connectivity index (χ1n) is 8.61. The summed E-state index contributed by atoms with van der Waals surface area (Å²) in [4.78, 5) is 26.8. The molecule has 1 aliphatic heterocycles. The van der Waals surface area contributed by atoms with Crippen LogP contribution in [0.2, 0.25) is 0 Å². The predicted molar refractivity (Wildman–Crippen MR) is 101 cm³/mol. The number of aryl methyl sites for hydroxylation is 4. The Morgan fingerprint density at radius 2 is 1.72 bits per heavy atom. The van der Waals surface area contributed by atoms with Crippen molar-refractivity contribution in [3.05, 3.63) is 58.7 Å². The van der Waals surface area contributed by atoms with Gasteiger partial charge >= 0.3 is 0 Å². The predicted octanol–water partition coefficient (Wildman–Crippen LogP) is 3.91. The van der Waals surface area contributed by atoms with Gasteiger partial charge in [0.2, 0.25) is 11.8 Å². The Bertz CT molecular complexity index is 842. The summed E-state index contributed by atoms with van der Waals surface area (Å²) in [5, 5.41) is 2.99. The maximum atomic E-state index is 12.6. The van der Waals surface area contributed by atoms with Crippen LogP contribution in [-0.4, -0.2) is 18.4 Å². The number of nitrogens with zero attached hydrogens (tertiary/aromatic N) is 1. The average molecular weight is 336 g/mol. The van der Waals surface area contributed by atoms with E-state index in [1.807, 2.05) is 64.1 Å². The van der Waals surface area contributed by atoms with Gasteiger partial charge in [-0.3, -0.25) is 9.59 Å². The standard InChI is InChI=1S/C21H24N2O2/c1-13-5-6-15(3)19(9-13)22-21(25)17-11-20(24)23(12-17)18-8-7-14(2)16(4)10-18/h5-10,17H,11-12H2,1-4H3,(H,22,25)/t17-/m0/s1. The molecule has 1 atom stereocenters. The molecule has 4 nitrogen and oxygen atoms in total. The summed E-state index contributed by atoms with van der Waals surface area (Å²) in [6.45, 7) is 8.47. The second kappa shape index (κ2) is 6.71. The number of hydrogen-bond acceptors (Lipinski definition) is 2. The summed E-state index contributed by atoms with van der Waals surface area (Å²) in [5.74, 6) is -0.410. The van der Waals surface area contributed by atoms with Gasteiger partial charge in [0.1, 0.15) is 0 Å². The van der Waals surface area contributed by atoms with Crippen molar-refractivity contribution >= 4 is 23.2 Å². The van der Waals surface area contributed by atoms with Crippen LogP contribution in [0.1, 0.15) is 28.7 Å². The van der Waals surface area contributed by atoms with Crippen molar-refractivity contribution in [2.75, 3.05) is 16.8 Å². The highest BCUT2D eigenvalue weighted by molar-refractivity contribution is 6.03. The Kier molecular flexibility index (Phi) is 4.62. The van der Waals surface area contributed by atoms with E-state index in [4.69, 9.17) is 0 Å². The molecule has 1 heterocycles. The third-order valence-corrected chi connectivity index (χ3v) is 4.95. The Hall–Kier alpha value is -2.62. The van der Waals surface area contributed by atoms with Crippen molar-refractivity contribution in [1.29, 1.82) is 0 Å². The quantitative estimate of drug-likeness (QED) is 0.924. The molecule has 0 saturated carbocycles. The summed E-state index contributed by atoms with van der Waals surface area (Å²) in [7, 11) is 0. The number of anilines is 2. The van der Waals surface area contributed by atoms with E-state index in [2.05, 4.69) is 5.32 Å². The zero-order valence-corrected chi connectivity index (χ0v) is 15.2. The van der Waals surface area contributed by atoms with Gasteiger partial charge in [-0.1, -0.05) is 18.2 Å². The lowest BCUT2D eigenvalue weighted by Crippen LogP contribution is -2.28. The highest BCUT2D eigenvalue weighted by atomic mass is 16.2. The molecule has 1 N–H and O–H groups in total. The number of carbonyl (C=O) groups is 2. The fraction of sp³-hybridized carbons (Fsp3) is 0.333. The maximum absolute atomic E-state index is 12.6. The van der Waals surface area contributed by atoms with Crippen LogP contribution in [0.15, 0.2) is 36.4 Å². The van der Waals surface area contributed by atoms with E-state index in [0.29, 0.717) is 6.54 Å². The van der Waals surface area contributed by atoms with E-state index in [1.165, 1.54) is 5.56 Å². The van der Waals surface area contributed by atoms with Gasteiger partial charge in [0.05, 0.1) is 5.92 Å². The summed E-state index contributed by atoms with van der Waals surface area (Å²) < 4.78 is 0. The van der Waals surface area contributed by atoms with E-state index in [9.17, 15) is 9.59 Å².